The van der Waals surface area contributed by atoms with E-state index in [0.717, 1.165) is 49.0 Å². The smallest absolute Gasteiger partial charge is 0.249 e. The Morgan fingerprint density at radius 3 is 2.58 bits per heavy atom. The van der Waals surface area contributed by atoms with E-state index in [1.165, 1.54) is 0 Å². The number of benzene rings is 2. The first-order valence-corrected chi connectivity index (χ1v) is 11.5. The molecule has 33 heavy (non-hydrogen) atoms. The second kappa shape index (κ2) is 9.40. The van der Waals surface area contributed by atoms with Crippen LogP contribution >= 0.6 is 0 Å². The quantitative estimate of drug-likeness (QED) is 0.538. The minimum Gasteiger partial charge on any atom is -0.337 e. The molecule has 3 heterocycles. The third-order valence-electron chi connectivity index (χ3n) is 6.24. The van der Waals surface area contributed by atoms with E-state index in [4.69, 9.17) is 4.52 Å². The monoisotopic (exact) mass is 442 g/mol. The van der Waals surface area contributed by atoms with Crippen LogP contribution in [0.2, 0.25) is 0 Å². The van der Waals surface area contributed by atoms with Gasteiger partial charge in [0.1, 0.15) is 6.04 Å². The van der Waals surface area contributed by atoms with Gasteiger partial charge >= 0.3 is 0 Å². The minimum atomic E-state index is -0.218. The summed E-state index contributed by atoms with van der Waals surface area (Å²) in [4.78, 5) is 33.2. The largest absolute Gasteiger partial charge is 0.337 e. The molecular formula is C26H26N4O3. The summed E-state index contributed by atoms with van der Waals surface area (Å²) in [5, 5.41) is 4.13. The van der Waals surface area contributed by atoms with E-state index >= 15 is 0 Å². The molecule has 0 aliphatic carbocycles. The fraction of sp³-hybridized carbons (Fsp3) is 0.308. The first-order valence-electron chi connectivity index (χ1n) is 11.5. The third kappa shape index (κ3) is 4.58. The number of piperidine rings is 1. The van der Waals surface area contributed by atoms with Crippen LogP contribution in [0.1, 0.15) is 49.6 Å². The van der Waals surface area contributed by atoms with Crippen molar-refractivity contribution in [3.8, 4) is 11.4 Å². The van der Waals surface area contributed by atoms with Gasteiger partial charge < -0.3 is 14.3 Å². The van der Waals surface area contributed by atoms with E-state index in [1.807, 2.05) is 70.5 Å². The lowest BCUT2D eigenvalue weighted by molar-refractivity contribution is -0.130. The van der Waals surface area contributed by atoms with Crippen molar-refractivity contribution in [3.63, 3.8) is 0 Å². The van der Waals surface area contributed by atoms with Gasteiger partial charge in [0.05, 0.1) is 0 Å². The summed E-state index contributed by atoms with van der Waals surface area (Å²) in [6, 6.07) is 17.2. The highest BCUT2D eigenvalue weighted by Crippen LogP contribution is 2.31. The summed E-state index contributed by atoms with van der Waals surface area (Å²) in [6.07, 6.45) is 7.69. The standard InChI is InChI=1S/C26H26N4O3/c31-23-10-6-18-29(23)21-14-11-19(12-15-21)13-16-24(32)30-17-5-4-9-22(30)26-27-25(28-33-26)20-7-2-1-3-8-20/h1-3,7-8,11-16,22H,4-6,9-10,17-18H2/b16-13+. The Morgan fingerprint density at radius 1 is 1.00 bits per heavy atom. The maximum absolute atomic E-state index is 13.0. The van der Waals surface area contributed by atoms with Gasteiger partial charge in [0.25, 0.3) is 0 Å². The van der Waals surface area contributed by atoms with Crippen molar-refractivity contribution in [2.24, 2.45) is 0 Å². The molecule has 2 amide bonds. The number of amides is 2. The van der Waals surface area contributed by atoms with Gasteiger partial charge in [-0.05, 0) is 49.5 Å². The molecule has 2 fully saturated rings. The lowest BCUT2D eigenvalue weighted by Crippen LogP contribution is -2.37. The van der Waals surface area contributed by atoms with Gasteiger partial charge in [0.15, 0.2) is 0 Å². The molecule has 0 spiro atoms. The van der Waals surface area contributed by atoms with Gasteiger partial charge in [-0.15, -0.1) is 0 Å². The summed E-state index contributed by atoms with van der Waals surface area (Å²) in [5.74, 6) is 1.12. The lowest BCUT2D eigenvalue weighted by atomic mass is 10.0. The van der Waals surface area contributed by atoms with Crippen LogP contribution in [-0.4, -0.2) is 39.9 Å². The van der Waals surface area contributed by atoms with Gasteiger partial charge in [0.2, 0.25) is 23.5 Å². The highest BCUT2D eigenvalue weighted by molar-refractivity contribution is 5.95. The Labute approximate surface area is 192 Å². The van der Waals surface area contributed by atoms with Crippen LogP contribution in [0, 0.1) is 0 Å². The molecule has 2 aliphatic heterocycles. The maximum Gasteiger partial charge on any atom is 0.249 e. The number of likely N-dealkylation sites (tertiary alicyclic amines) is 1. The van der Waals surface area contributed by atoms with E-state index < -0.39 is 0 Å². The zero-order chi connectivity index (χ0) is 22.6. The number of carbonyl (C=O) groups is 2. The molecule has 2 aromatic carbocycles. The predicted molar refractivity (Wildman–Crippen MR) is 125 cm³/mol. The Hall–Kier alpha value is -3.74. The maximum atomic E-state index is 13.0. The van der Waals surface area contributed by atoms with Crippen molar-refractivity contribution < 1.29 is 14.1 Å². The van der Waals surface area contributed by atoms with E-state index in [1.54, 1.807) is 6.08 Å². The lowest BCUT2D eigenvalue weighted by Gasteiger charge is -2.32. The summed E-state index contributed by atoms with van der Waals surface area (Å²) < 4.78 is 5.56. The highest BCUT2D eigenvalue weighted by Gasteiger charge is 2.31. The average Bonchev–Trinajstić information content (AvgIpc) is 3.53. The summed E-state index contributed by atoms with van der Waals surface area (Å²) in [7, 11) is 0. The highest BCUT2D eigenvalue weighted by atomic mass is 16.5. The van der Waals surface area contributed by atoms with E-state index in [9.17, 15) is 9.59 Å². The molecule has 0 N–H and O–H groups in total. The number of aromatic nitrogens is 2. The Morgan fingerprint density at radius 2 is 1.82 bits per heavy atom. The van der Waals surface area contributed by atoms with Crippen LogP contribution in [0.3, 0.4) is 0 Å². The number of anilines is 1. The fourth-order valence-electron chi connectivity index (χ4n) is 4.48. The number of nitrogens with zero attached hydrogens (tertiary/aromatic N) is 4. The van der Waals surface area contributed by atoms with E-state index in [0.29, 0.717) is 24.7 Å². The van der Waals surface area contributed by atoms with Crippen LogP contribution in [0.25, 0.3) is 17.5 Å². The van der Waals surface area contributed by atoms with Crippen LogP contribution < -0.4 is 4.90 Å². The summed E-state index contributed by atoms with van der Waals surface area (Å²) >= 11 is 0. The minimum absolute atomic E-state index is 0.0713. The molecule has 7 nitrogen and oxygen atoms in total. The van der Waals surface area contributed by atoms with Crippen LogP contribution in [0.5, 0.6) is 0 Å². The molecule has 1 unspecified atom stereocenters. The second-order valence-electron chi connectivity index (χ2n) is 8.44. The van der Waals surface area contributed by atoms with Gasteiger partial charge in [-0.25, -0.2) is 0 Å². The first-order chi connectivity index (χ1) is 16.2. The van der Waals surface area contributed by atoms with Gasteiger partial charge in [-0.2, -0.15) is 4.98 Å². The van der Waals surface area contributed by atoms with E-state index in [2.05, 4.69) is 10.1 Å². The van der Waals surface area contributed by atoms with E-state index in [-0.39, 0.29) is 17.9 Å². The van der Waals surface area contributed by atoms with Crippen molar-refractivity contribution in [1.29, 1.82) is 0 Å². The van der Waals surface area contributed by atoms with Crippen LogP contribution in [-0.2, 0) is 9.59 Å². The normalized spacial score (nSPS) is 18.9. The molecule has 0 saturated carbocycles. The molecule has 0 bridgehead atoms. The van der Waals surface area contributed by atoms with Crippen LogP contribution in [0.4, 0.5) is 5.69 Å². The molecular weight excluding hydrogens is 416 g/mol. The van der Waals surface area contributed by atoms with Crippen molar-refractivity contribution in [2.75, 3.05) is 18.0 Å². The Bertz CT molecular complexity index is 1150. The zero-order valence-electron chi connectivity index (χ0n) is 18.4. The molecule has 168 valence electrons. The number of rotatable bonds is 5. The molecule has 7 heteroatoms. The Balaban J connectivity index is 1.28. The molecule has 2 aliphatic rings. The number of hydrogen-bond donors (Lipinski definition) is 0. The molecule has 2 saturated heterocycles. The second-order valence-corrected chi connectivity index (χ2v) is 8.44. The molecule has 1 atom stereocenters. The van der Waals surface area contributed by atoms with Crippen molar-refractivity contribution in [1.82, 2.24) is 15.0 Å². The van der Waals surface area contributed by atoms with Crippen LogP contribution in [0.15, 0.2) is 65.2 Å². The van der Waals surface area contributed by atoms with Gasteiger partial charge in [-0.3, -0.25) is 9.59 Å². The van der Waals surface area contributed by atoms with Crippen molar-refractivity contribution in [2.45, 2.75) is 38.1 Å². The Kier molecular flexibility index (Phi) is 6.02. The third-order valence-corrected chi connectivity index (χ3v) is 6.24. The molecule has 5 rings (SSSR count). The summed E-state index contributed by atoms with van der Waals surface area (Å²) in [6.45, 7) is 1.43. The number of carbonyl (C=O) groups excluding carboxylic acids is 2. The molecule has 3 aromatic rings. The van der Waals surface area contributed by atoms with Gasteiger partial charge in [-0.1, -0.05) is 47.6 Å². The zero-order valence-corrected chi connectivity index (χ0v) is 18.4. The van der Waals surface area contributed by atoms with Crippen molar-refractivity contribution in [3.05, 3.63) is 72.1 Å². The number of hydrogen-bond acceptors (Lipinski definition) is 5. The summed E-state index contributed by atoms with van der Waals surface area (Å²) in [5.41, 5.74) is 2.71. The fourth-order valence-corrected chi connectivity index (χ4v) is 4.48. The topological polar surface area (TPSA) is 79.5 Å². The molecule has 1 aromatic heterocycles. The molecule has 0 radical (unpaired) electrons. The SMILES string of the molecule is O=C1CCCN1c1ccc(/C=C/C(=O)N2CCCCC2c2nc(-c3ccccc3)no2)cc1. The predicted octanol–water partition coefficient (Wildman–Crippen LogP) is 4.63. The van der Waals surface area contributed by atoms with Crippen molar-refractivity contribution >= 4 is 23.6 Å². The first kappa shape index (κ1) is 21.1. The average molecular weight is 443 g/mol. The van der Waals surface area contributed by atoms with Gasteiger partial charge in [0, 0.05) is 36.8 Å².